The van der Waals surface area contributed by atoms with Crippen molar-refractivity contribution in [2.75, 3.05) is 37.0 Å². The van der Waals surface area contributed by atoms with E-state index >= 15 is 0 Å². The molecule has 1 N–H and O–H groups in total. The minimum atomic E-state index is -4.22. The van der Waals surface area contributed by atoms with Gasteiger partial charge in [-0.05, 0) is 61.5 Å². The number of carbonyl (C=O) groups excluding carboxylic acids is 2. The summed E-state index contributed by atoms with van der Waals surface area (Å²) >= 11 is 5.98. The number of anilines is 2. The van der Waals surface area contributed by atoms with Gasteiger partial charge in [-0.1, -0.05) is 17.7 Å². The van der Waals surface area contributed by atoms with Crippen LogP contribution in [0.15, 0.2) is 71.6 Å². The van der Waals surface area contributed by atoms with Crippen LogP contribution in [0.3, 0.4) is 0 Å². The summed E-state index contributed by atoms with van der Waals surface area (Å²) in [7, 11) is -1.39. The van der Waals surface area contributed by atoms with Gasteiger partial charge in [0, 0.05) is 16.8 Å². The number of hydrogen-bond donors (Lipinski definition) is 1. The average Bonchev–Trinajstić information content (AvgIpc) is 2.87. The molecule has 9 nitrogen and oxygen atoms in total. The van der Waals surface area contributed by atoms with Gasteiger partial charge in [0.1, 0.15) is 6.54 Å². The zero-order chi connectivity index (χ0) is 26.3. The summed E-state index contributed by atoms with van der Waals surface area (Å²) in [6, 6.07) is 16.3. The Morgan fingerprint density at radius 2 is 1.64 bits per heavy atom. The van der Waals surface area contributed by atoms with Gasteiger partial charge >= 0.3 is 5.97 Å². The fourth-order valence-corrected chi connectivity index (χ4v) is 4.86. The van der Waals surface area contributed by atoms with E-state index in [9.17, 15) is 18.0 Å². The molecule has 190 valence electrons. The summed E-state index contributed by atoms with van der Waals surface area (Å²) in [4.78, 5) is 24.9. The fourth-order valence-electron chi connectivity index (χ4n) is 3.30. The number of hydrogen-bond acceptors (Lipinski definition) is 7. The molecule has 0 atom stereocenters. The van der Waals surface area contributed by atoms with E-state index in [1.165, 1.54) is 62.8 Å². The van der Waals surface area contributed by atoms with Crippen LogP contribution in [0.25, 0.3) is 0 Å². The number of esters is 1. The number of halogens is 1. The Bertz CT molecular complexity index is 1340. The van der Waals surface area contributed by atoms with E-state index in [2.05, 4.69) is 5.32 Å². The van der Waals surface area contributed by atoms with Gasteiger partial charge in [0.2, 0.25) is 5.91 Å². The Kier molecular flexibility index (Phi) is 8.78. The number of benzene rings is 3. The van der Waals surface area contributed by atoms with Gasteiger partial charge in [-0.3, -0.25) is 9.10 Å². The lowest BCUT2D eigenvalue weighted by molar-refractivity contribution is -0.114. The van der Waals surface area contributed by atoms with Gasteiger partial charge in [-0.15, -0.1) is 0 Å². The molecule has 0 radical (unpaired) electrons. The predicted octanol–water partition coefficient (Wildman–Crippen LogP) is 4.37. The number of carbonyl (C=O) groups is 2. The maximum atomic E-state index is 13.6. The first-order valence-electron chi connectivity index (χ1n) is 10.8. The lowest BCUT2D eigenvalue weighted by Crippen LogP contribution is -2.38. The fraction of sp³-hybridized carbons (Fsp3) is 0.200. The van der Waals surface area contributed by atoms with E-state index in [0.717, 1.165) is 4.31 Å². The standard InChI is InChI=1S/C25H25ClN2O7S/c1-4-35-25(30)17-6-5-7-19(14-17)27-24(29)16-28(20-10-8-18(26)9-11-20)36(31,32)21-12-13-22(33-2)23(15-21)34-3/h5-15H,4,16H2,1-3H3,(H,27,29). The monoisotopic (exact) mass is 532 g/mol. The van der Waals surface area contributed by atoms with Crippen molar-refractivity contribution in [1.29, 1.82) is 0 Å². The number of nitrogens with one attached hydrogen (secondary N) is 1. The molecule has 0 saturated carbocycles. The number of methoxy groups -OCH3 is 2. The van der Waals surface area contributed by atoms with Gasteiger partial charge in [0.05, 0.1) is 37.0 Å². The van der Waals surface area contributed by atoms with Crippen molar-refractivity contribution in [2.24, 2.45) is 0 Å². The molecule has 3 aromatic carbocycles. The average molecular weight is 533 g/mol. The number of sulfonamides is 1. The maximum absolute atomic E-state index is 13.6. The third kappa shape index (κ3) is 6.27. The summed E-state index contributed by atoms with van der Waals surface area (Å²) < 4.78 is 43.7. The Balaban J connectivity index is 1.94. The highest BCUT2D eigenvalue weighted by Crippen LogP contribution is 2.32. The number of amides is 1. The Morgan fingerprint density at radius 3 is 2.28 bits per heavy atom. The van der Waals surface area contributed by atoms with Crippen LogP contribution in [-0.2, 0) is 19.6 Å². The molecule has 1 amide bonds. The topological polar surface area (TPSA) is 111 Å². The van der Waals surface area contributed by atoms with E-state index in [0.29, 0.717) is 16.5 Å². The molecule has 3 rings (SSSR count). The lowest BCUT2D eigenvalue weighted by Gasteiger charge is -2.24. The molecule has 0 saturated heterocycles. The van der Waals surface area contributed by atoms with Gasteiger partial charge in [-0.2, -0.15) is 0 Å². The lowest BCUT2D eigenvalue weighted by atomic mass is 10.2. The van der Waals surface area contributed by atoms with Gasteiger partial charge < -0.3 is 19.5 Å². The van der Waals surface area contributed by atoms with Gasteiger partial charge in [-0.25, -0.2) is 13.2 Å². The van der Waals surface area contributed by atoms with Crippen LogP contribution in [0.1, 0.15) is 17.3 Å². The molecule has 0 spiro atoms. The highest BCUT2D eigenvalue weighted by molar-refractivity contribution is 7.92. The smallest absolute Gasteiger partial charge is 0.338 e. The summed E-state index contributed by atoms with van der Waals surface area (Å²) in [5.74, 6) is -0.592. The third-order valence-corrected chi connectivity index (χ3v) is 7.02. The summed E-state index contributed by atoms with van der Waals surface area (Å²) in [5.41, 5.74) is 0.789. The van der Waals surface area contributed by atoms with Crippen LogP contribution in [0, 0.1) is 0 Å². The van der Waals surface area contributed by atoms with Gasteiger partial charge in [0.25, 0.3) is 10.0 Å². The number of rotatable bonds is 10. The zero-order valence-electron chi connectivity index (χ0n) is 19.9. The second kappa shape index (κ2) is 11.8. The first-order valence-corrected chi connectivity index (χ1v) is 12.6. The molecule has 0 aliphatic carbocycles. The van der Waals surface area contributed by atoms with E-state index in [-0.39, 0.29) is 28.5 Å². The van der Waals surface area contributed by atoms with Crippen molar-refractivity contribution >= 4 is 44.9 Å². The molecule has 0 aromatic heterocycles. The van der Waals surface area contributed by atoms with Crippen molar-refractivity contribution < 1.29 is 32.2 Å². The Labute approximate surface area is 214 Å². The molecule has 0 aliphatic rings. The molecule has 0 fully saturated rings. The highest BCUT2D eigenvalue weighted by atomic mass is 35.5. The molecule has 36 heavy (non-hydrogen) atoms. The number of ether oxygens (including phenoxy) is 3. The highest BCUT2D eigenvalue weighted by Gasteiger charge is 2.28. The Morgan fingerprint density at radius 1 is 0.944 bits per heavy atom. The van der Waals surface area contributed by atoms with E-state index < -0.39 is 28.4 Å². The summed E-state index contributed by atoms with van der Waals surface area (Å²) in [5, 5.41) is 3.04. The molecule has 0 unspecified atom stereocenters. The van der Waals surface area contributed by atoms with Crippen molar-refractivity contribution in [2.45, 2.75) is 11.8 Å². The van der Waals surface area contributed by atoms with Crippen LogP contribution in [0.2, 0.25) is 5.02 Å². The summed E-state index contributed by atoms with van der Waals surface area (Å²) in [6.45, 7) is 1.34. The first-order chi connectivity index (χ1) is 17.2. The quantitative estimate of drug-likeness (QED) is 0.386. The molecular weight excluding hydrogens is 508 g/mol. The molecule has 0 aliphatic heterocycles. The molecule has 11 heteroatoms. The zero-order valence-corrected chi connectivity index (χ0v) is 21.4. The van der Waals surface area contributed by atoms with E-state index in [1.54, 1.807) is 25.1 Å². The van der Waals surface area contributed by atoms with E-state index in [1.807, 2.05) is 0 Å². The normalized spacial score (nSPS) is 10.9. The van der Waals surface area contributed by atoms with Crippen molar-refractivity contribution in [1.82, 2.24) is 0 Å². The van der Waals surface area contributed by atoms with Crippen molar-refractivity contribution in [3.05, 3.63) is 77.3 Å². The minimum absolute atomic E-state index is 0.104. The molecule has 3 aromatic rings. The van der Waals surface area contributed by atoms with Crippen LogP contribution >= 0.6 is 11.6 Å². The van der Waals surface area contributed by atoms with Crippen molar-refractivity contribution in [3.8, 4) is 11.5 Å². The molecule has 0 heterocycles. The molecule has 0 bridgehead atoms. The second-order valence-corrected chi connectivity index (χ2v) is 9.65. The summed E-state index contributed by atoms with van der Waals surface area (Å²) in [6.07, 6.45) is 0. The Hall–Kier alpha value is -3.76. The molecular formula is C25H25ClN2O7S. The SMILES string of the molecule is CCOC(=O)c1cccc(NC(=O)CN(c2ccc(Cl)cc2)S(=O)(=O)c2ccc(OC)c(OC)c2)c1. The number of nitrogens with zero attached hydrogens (tertiary/aromatic N) is 1. The van der Waals surface area contributed by atoms with Crippen LogP contribution in [-0.4, -0.2) is 47.7 Å². The van der Waals surface area contributed by atoms with Crippen molar-refractivity contribution in [3.63, 3.8) is 0 Å². The first kappa shape index (κ1) is 26.8. The third-order valence-electron chi connectivity index (χ3n) is 5.00. The van der Waals surface area contributed by atoms with Crippen LogP contribution < -0.4 is 19.1 Å². The maximum Gasteiger partial charge on any atom is 0.338 e. The van der Waals surface area contributed by atoms with Gasteiger partial charge in [0.15, 0.2) is 11.5 Å². The van der Waals surface area contributed by atoms with Crippen LogP contribution in [0.4, 0.5) is 11.4 Å². The second-order valence-electron chi connectivity index (χ2n) is 7.35. The predicted molar refractivity (Wildman–Crippen MR) is 137 cm³/mol. The largest absolute Gasteiger partial charge is 0.493 e. The minimum Gasteiger partial charge on any atom is -0.493 e. The van der Waals surface area contributed by atoms with E-state index in [4.69, 9.17) is 25.8 Å². The van der Waals surface area contributed by atoms with Crippen LogP contribution in [0.5, 0.6) is 11.5 Å².